The zero-order chi connectivity index (χ0) is 11.3. The first-order valence-electron chi connectivity index (χ1n) is 4.49. The zero-order valence-electron chi connectivity index (χ0n) is 8.05. The number of aliphatic hydroxyl groups is 2. The van der Waals surface area contributed by atoms with Crippen LogP contribution in [0.25, 0.3) is 0 Å². The fourth-order valence-electron chi connectivity index (χ4n) is 1.04. The molecular formula is C10H13NO4. The van der Waals surface area contributed by atoms with Crippen molar-refractivity contribution in [2.75, 3.05) is 18.5 Å². The van der Waals surface area contributed by atoms with Crippen LogP contribution in [0, 0.1) is 5.92 Å². The van der Waals surface area contributed by atoms with Gasteiger partial charge in [0, 0.05) is 0 Å². The van der Waals surface area contributed by atoms with Crippen molar-refractivity contribution in [2.24, 2.45) is 5.92 Å². The summed E-state index contributed by atoms with van der Waals surface area (Å²) in [5, 5.41) is 29.3. The van der Waals surface area contributed by atoms with Crippen LogP contribution in [0.4, 0.5) is 5.69 Å². The summed E-state index contributed by atoms with van der Waals surface area (Å²) in [6, 6.07) is 6.24. The van der Waals surface area contributed by atoms with Crippen molar-refractivity contribution in [3.8, 4) is 5.75 Å². The Morgan fingerprint density at radius 2 is 1.87 bits per heavy atom. The van der Waals surface area contributed by atoms with Crippen molar-refractivity contribution in [1.82, 2.24) is 0 Å². The third kappa shape index (κ3) is 2.93. The number of hydrogen-bond donors (Lipinski definition) is 4. The van der Waals surface area contributed by atoms with Crippen LogP contribution in [0.1, 0.15) is 0 Å². The minimum absolute atomic E-state index is 0.0551. The molecule has 0 saturated carbocycles. The molecule has 0 unspecified atom stereocenters. The highest BCUT2D eigenvalue weighted by Crippen LogP contribution is 2.21. The van der Waals surface area contributed by atoms with Gasteiger partial charge in [-0.25, -0.2) is 0 Å². The van der Waals surface area contributed by atoms with Crippen LogP contribution in [-0.2, 0) is 4.79 Å². The molecule has 1 amide bonds. The van der Waals surface area contributed by atoms with E-state index in [9.17, 15) is 9.90 Å². The zero-order valence-corrected chi connectivity index (χ0v) is 8.05. The molecule has 0 heterocycles. The molecule has 0 aliphatic rings. The van der Waals surface area contributed by atoms with Gasteiger partial charge in [0.15, 0.2) is 0 Å². The van der Waals surface area contributed by atoms with Gasteiger partial charge in [0.25, 0.3) is 0 Å². The molecule has 0 radical (unpaired) electrons. The molecule has 0 bridgehead atoms. The van der Waals surface area contributed by atoms with Crippen molar-refractivity contribution in [3.63, 3.8) is 0 Å². The van der Waals surface area contributed by atoms with Gasteiger partial charge in [-0.05, 0) is 12.1 Å². The van der Waals surface area contributed by atoms with Gasteiger partial charge in [-0.2, -0.15) is 0 Å². The number of carbonyl (C=O) groups excluding carboxylic acids is 1. The highest BCUT2D eigenvalue weighted by molar-refractivity contribution is 5.94. The summed E-state index contributed by atoms with van der Waals surface area (Å²) in [4.78, 5) is 11.4. The van der Waals surface area contributed by atoms with Gasteiger partial charge in [0.05, 0.1) is 24.8 Å². The van der Waals surface area contributed by atoms with Gasteiger partial charge in [-0.3, -0.25) is 4.79 Å². The van der Waals surface area contributed by atoms with Gasteiger partial charge in [0.2, 0.25) is 5.91 Å². The first-order chi connectivity index (χ1) is 7.19. The van der Waals surface area contributed by atoms with Crippen molar-refractivity contribution in [1.29, 1.82) is 0 Å². The van der Waals surface area contributed by atoms with Crippen molar-refractivity contribution >= 4 is 11.6 Å². The van der Waals surface area contributed by atoms with Crippen LogP contribution in [0.2, 0.25) is 0 Å². The number of benzene rings is 1. The number of rotatable bonds is 4. The lowest BCUT2D eigenvalue weighted by Crippen LogP contribution is -2.28. The van der Waals surface area contributed by atoms with E-state index in [0.29, 0.717) is 0 Å². The lowest BCUT2D eigenvalue weighted by atomic mass is 10.1. The van der Waals surface area contributed by atoms with Gasteiger partial charge in [-0.1, -0.05) is 12.1 Å². The van der Waals surface area contributed by atoms with Crippen LogP contribution in [0.5, 0.6) is 5.75 Å². The highest BCUT2D eigenvalue weighted by atomic mass is 16.3. The number of nitrogens with one attached hydrogen (secondary N) is 1. The van der Waals surface area contributed by atoms with E-state index < -0.39 is 25.0 Å². The van der Waals surface area contributed by atoms with Crippen LogP contribution < -0.4 is 5.32 Å². The second-order valence-electron chi connectivity index (χ2n) is 3.07. The number of phenols is 1. The number of carbonyl (C=O) groups is 1. The minimum atomic E-state index is -0.871. The molecule has 82 valence electrons. The Hall–Kier alpha value is -1.59. The number of aliphatic hydroxyl groups excluding tert-OH is 2. The third-order valence-electron chi connectivity index (χ3n) is 1.97. The lowest BCUT2D eigenvalue weighted by Gasteiger charge is -2.12. The Labute approximate surface area is 87.0 Å². The Morgan fingerprint density at radius 1 is 1.27 bits per heavy atom. The van der Waals surface area contributed by atoms with Crippen LogP contribution in [0.15, 0.2) is 24.3 Å². The second-order valence-corrected chi connectivity index (χ2v) is 3.07. The maximum absolute atomic E-state index is 11.4. The van der Waals surface area contributed by atoms with Crippen molar-refractivity contribution in [3.05, 3.63) is 24.3 Å². The van der Waals surface area contributed by atoms with Crippen LogP contribution in [0.3, 0.4) is 0 Å². The van der Waals surface area contributed by atoms with E-state index in [1.807, 2.05) is 0 Å². The molecule has 0 spiro atoms. The molecule has 5 heteroatoms. The third-order valence-corrected chi connectivity index (χ3v) is 1.97. The molecule has 1 aromatic carbocycles. The Kier molecular flexibility index (Phi) is 4.08. The average Bonchev–Trinajstić information content (AvgIpc) is 2.23. The summed E-state index contributed by atoms with van der Waals surface area (Å²) in [5.74, 6) is -1.45. The predicted molar refractivity (Wildman–Crippen MR) is 54.4 cm³/mol. The molecule has 5 nitrogen and oxygen atoms in total. The molecular weight excluding hydrogens is 198 g/mol. The van der Waals surface area contributed by atoms with Gasteiger partial charge >= 0.3 is 0 Å². The topological polar surface area (TPSA) is 89.8 Å². The number of anilines is 1. The van der Waals surface area contributed by atoms with Crippen LogP contribution in [-0.4, -0.2) is 34.4 Å². The van der Waals surface area contributed by atoms with E-state index in [1.165, 1.54) is 12.1 Å². The fraction of sp³-hybridized carbons (Fsp3) is 0.300. The number of para-hydroxylation sites is 2. The average molecular weight is 211 g/mol. The number of amides is 1. The fourth-order valence-corrected chi connectivity index (χ4v) is 1.04. The van der Waals surface area contributed by atoms with E-state index in [4.69, 9.17) is 10.2 Å². The molecule has 1 aromatic rings. The normalized spacial score (nSPS) is 10.3. The Bertz CT molecular complexity index is 336. The van der Waals surface area contributed by atoms with E-state index in [1.54, 1.807) is 12.1 Å². The van der Waals surface area contributed by atoms with Crippen molar-refractivity contribution < 1.29 is 20.1 Å². The minimum Gasteiger partial charge on any atom is -0.506 e. The van der Waals surface area contributed by atoms with E-state index in [-0.39, 0.29) is 11.4 Å². The standard InChI is InChI=1S/C10H13NO4/c12-5-7(6-13)10(15)11-8-3-1-2-4-9(8)14/h1-4,7,12-14H,5-6H2,(H,11,15). The van der Waals surface area contributed by atoms with Crippen LogP contribution >= 0.6 is 0 Å². The molecule has 0 fully saturated rings. The van der Waals surface area contributed by atoms with Gasteiger partial charge < -0.3 is 20.6 Å². The van der Waals surface area contributed by atoms with Gasteiger partial charge in [0.1, 0.15) is 5.75 Å². The second kappa shape index (κ2) is 5.33. The quantitative estimate of drug-likeness (QED) is 0.525. The van der Waals surface area contributed by atoms with E-state index >= 15 is 0 Å². The lowest BCUT2D eigenvalue weighted by molar-refractivity contribution is -0.122. The first kappa shape index (κ1) is 11.5. The highest BCUT2D eigenvalue weighted by Gasteiger charge is 2.17. The molecule has 4 N–H and O–H groups in total. The Morgan fingerprint density at radius 3 is 2.40 bits per heavy atom. The SMILES string of the molecule is O=C(Nc1ccccc1O)C(CO)CO. The van der Waals surface area contributed by atoms with E-state index in [0.717, 1.165) is 0 Å². The molecule has 0 aliphatic carbocycles. The molecule has 0 aliphatic heterocycles. The molecule has 1 rings (SSSR count). The predicted octanol–water partition coefficient (Wildman–Crippen LogP) is -0.0685. The summed E-state index contributed by atoms with van der Waals surface area (Å²) < 4.78 is 0. The number of phenolic OH excluding ortho intramolecular Hbond substituents is 1. The Balaban J connectivity index is 2.70. The smallest absolute Gasteiger partial charge is 0.232 e. The maximum Gasteiger partial charge on any atom is 0.232 e. The molecule has 0 aromatic heterocycles. The molecule has 0 saturated heterocycles. The molecule has 0 atom stereocenters. The summed E-state index contributed by atoms with van der Waals surface area (Å²) in [5.41, 5.74) is 0.259. The summed E-state index contributed by atoms with van der Waals surface area (Å²) in [6.07, 6.45) is 0. The van der Waals surface area contributed by atoms with E-state index in [2.05, 4.69) is 5.32 Å². The van der Waals surface area contributed by atoms with Gasteiger partial charge in [-0.15, -0.1) is 0 Å². The first-order valence-corrected chi connectivity index (χ1v) is 4.49. The summed E-state index contributed by atoms with van der Waals surface area (Å²) in [7, 11) is 0. The van der Waals surface area contributed by atoms with Crippen molar-refractivity contribution in [2.45, 2.75) is 0 Å². The monoisotopic (exact) mass is 211 g/mol. The molecule has 15 heavy (non-hydrogen) atoms. The number of aromatic hydroxyl groups is 1. The number of hydrogen-bond acceptors (Lipinski definition) is 4. The maximum atomic E-state index is 11.4. The largest absolute Gasteiger partial charge is 0.506 e. The summed E-state index contributed by atoms with van der Waals surface area (Å²) in [6.45, 7) is -0.869. The summed E-state index contributed by atoms with van der Waals surface area (Å²) >= 11 is 0.